The third-order valence-electron chi connectivity index (χ3n) is 5.64. The molecule has 2 aliphatic rings. The molecule has 2 heterocycles. The molecular formula is C21H21N3O4. The zero-order valence-electron chi connectivity index (χ0n) is 15.6. The number of hydrogen-bond acceptors (Lipinski definition) is 4. The van der Waals surface area contributed by atoms with E-state index >= 15 is 0 Å². The Morgan fingerprint density at radius 3 is 2.68 bits per heavy atom. The van der Waals surface area contributed by atoms with Crippen molar-refractivity contribution in [3.63, 3.8) is 0 Å². The van der Waals surface area contributed by atoms with Crippen molar-refractivity contribution in [1.29, 1.82) is 0 Å². The number of nitrogens with zero attached hydrogens (tertiary/aromatic N) is 1. The summed E-state index contributed by atoms with van der Waals surface area (Å²) in [5.41, 5.74) is 3.49. The van der Waals surface area contributed by atoms with Gasteiger partial charge in [-0.3, -0.25) is 9.36 Å². The fourth-order valence-corrected chi connectivity index (χ4v) is 4.17. The number of H-pyrrole nitrogens is 1. The molecule has 0 unspecified atom stereocenters. The van der Waals surface area contributed by atoms with Crippen LogP contribution in [0.2, 0.25) is 0 Å². The summed E-state index contributed by atoms with van der Waals surface area (Å²) in [4.78, 5) is 28.1. The number of imidazole rings is 1. The highest BCUT2D eigenvalue weighted by molar-refractivity contribution is 6.06. The first-order valence-corrected chi connectivity index (χ1v) is 9.56. The van der Waals surface area contributed by atoms with Gasteiger partial charge < -0.3 is 19.8 Å². The molecule has 1 aromatic heterocycles. The summed E-state index contributed by atoms with van der Waals surface area (Å²) in [6.07, 6.45) is 4.36. The van der Waals surface area contributed by atoms with Crippen LogP contribution in [0.5, 0.6) is 11.5 Å². The average Bonchev–Trinajstić information content (AvgIpc) is 3.40. The summed E-state index contributed by atoms with van der Waals surface area (Å²) in [7, 11) is 0. The molecule has 3 aromatic rings. The van der Waals surface area contributed by atoms with Crippen LogP contribution in [0.1, 0.15) is 47.6 Å². The van der Waals surface area contributed by atoms with E-state index in [0.29, 0.717) is 28.3 Å². The maximum atomic E-state index is 12.8. The lowest BCUT2D eigenvalue weighted by Crippen LogP contribution is -2.20. The molecule has 2 aromatic carbocycles. The van der Waals surface area contributed by atoms with Gasteiger partial charge in [0.05, 0.1) is 11.0 Å². The van der Waals surface area contributed by atoms with Gasteiger partial charge in [-0.1, -0.05) is 12.8 Å². The Kier molecular flexibility index (Phi) is 3.89. The molecule has 7 nitrogen and oxygen atoms in total. The molecule has 0 saturated heterocycles. The molecule has 28 heavy (non-hydrogen) atoms. The topological polar surface area (TPSA) is 85.4 Å². The average molecular weight is 379 g/mol. The Bertz CT molecular complexity index is 1140. The number of ether oxygens (including phenoxy) is 2. The Morgan fingerprint density at radius 2 is 1.89 bits per heavy atom. The summed E-state index contributed by atoms with van der Waals surface area (Å²) in [5, 5.41) is 2.92. The summed E-state index contributed by atoms with van der Waals surface area (Å²) in [6, 6.07) is 9.22. The minimum atomic E-state index is -0.238. The number of aryl methyl sites for hydroxylation is 1. The predicted octanol–water partition coefficient (Wildman–Crippen LogP) is 3.73. The fourth-order valence-electron chi connectivity index (χ4n) is 4.17. The van der Waals surface area contributed by atoms with Gasteiger partial charge in [0.1, 0.15) is 0 Å². The van der Waals surface area contributed by atoms with Gasteiger partial charge in [0.25, 0.3) is 5.91 Å². The zero-order valence-corrected chi connectivity index (χ0v) is 15.6. The Hall–Kier alpha value is -3.22. The lowest BCUT2D eigenvalue weighted by molar-refractivity contribution is 0.102. The van der Waals surface area contributed by atoms with Crippen molar-refractivity contribution in [2.24, 2.45) is 0 Å². The normalized spacial score (nSPS) is 16.0. The lowest BCUT2D eigenvalue weighted by Gasteiger charge is -2.12. The number of anilines is 1. The van der Waals surface area contributed by atoms with Crippen LogP contribution in [0.4, 0.5) is 5.69 Å². The molecule has 5 rings (SSSR count). The van der Waals surface area contributed by atoms with Gasteiger partial charge in [-0.2, -0.15) is 0 Å². The monoisotopic (exact) mass is 379 g/mol. The number of carbonyl (C=O) groups is 1. The molecule has 0 atom stereocenters. The SMILES string of the molecule is Cc1cc2c(cc1NC(=O)c1ccc3c(c1)[nH]c(=O)n3C1CCCC1)OCO2. The van der Waals surface area contributed by atoms with Crippen LogP contribution >= 0.6 is 0 Å². The van der Waals surface area contributed by atoms with E-state index in [1.165, 1.54) is 0 Å². The van der Waals surface area contributed by atoms with Gasteiger partial charge in [-0.25, -0.2) is 4.79 Å². The van der Waals surface area contributed by atoms with Crippen molar-refractivity contribution in [3.05, 3.63) is 51.9 Å². The third kappa shape index (κ3) is 2.74. The second kappa shape index (κ2) is 6.44. The van der Waals surface area contributed by atoms with Crippen LogP contribution in [-0.4, -0.2) is 22.3 Å². The first-order chi connectivity index (χ1) is 13.6. The highest BCUT2D eigenvalue weighted by Gasteiger charge is 2.22. The zero-order chi connectivity index (χ0) is 19.3. The van der Waals surface area contributed by atoms with Crippen LogP contribution in [-0.2, 0) is 0 Å². The number of fused-ring (bicyclic) bond motifs is 2. The molecule has 1 saturated carbocycles. The van der Waals surface area contributed by atoms with Crippen LogP contribution in [0.3, 0.4) is 0 Å². The van der Waals surface area contributed by atoms with Gasteiger partial charge in [-0.15, -0.1) is 0 Å². The summed E-state index contributed by atoms with van der Waals surface area (Å²) >= 11 is 0. The van der Waals surface area contributed by atoms with E-state index in [0.717, 1.165) is 36.8 Å². The standard InChI is InChI=1S/C21H21N3O4/c1-12-8-18-19(28-11-27-18)10-15(12)22-20(25)13-6-7-17-16(9-13)23-21(26)24(17)14-4-2-3-5-14/h6-10,14H,2-5,11H2,1H3,(H,22,25)(H,23,26). The number of benzene rings is 2. The predicted molar refractivity (Wildman–Crippen MR) is 105 cm³/mol. The van der Waals surface area contributed by atoms with Gasteiger partial charge in [-0.05, 0) is 49.6 Å². The second-order valence-electron chi connectivity index (χ2n) is 7.44. The van der Waals surface area contributed by atoms with Crippen LogP contribution < -0.4 is 20.5 Å². The minimum Gasteiger partial charge on any atom is -0.454 e. The van der Waals surface area contributed by atoms with Gasteiger partial charge in [0.2, 0.25) is 6.79 Å². The first kappa shape index (κ1) is 16.9. The summed E-state index contributed by atoms with van der Waals surface area (Å²) in [6.45, 7) is 2.09. The summed E-state index contributed by atoms with van der Waals surface area (Å²) < 4.78 is 12.6. The van der Waals surface area contributed by atoms with Crippen LogP contribution in [0.15, 0.2) is 35.1 Å². The maximum absolute atomic E-state index is 12.8. The third-order valence-corrected chi connectivity index (χ3v) is 5.64. The number of amides is 1. The molecule has 2 N–H and O–H groups in total. The second-order valence-corrected chi connectivity index (χ2v) is 7.44. The van der Waals surface area contributed by atoms with E-state index in [9.17, 15) is 9.59 Å². The molecule has 0 radical (unpaired) electrons. The molecule has 0 spiro atoms. The number of aromatic amines is 1. The van der Waals surface area contributed by atoms with Gasteiger partial charge in [0.15, 0.2) is 11.5 Å². The number of carbonyl (C=O) groups excluding carboxylic acids is 1. The molecule has 7 heteroatoms. The van der Waals surface area contributed by atoms with Gasteiger partial charge in [0, 0.05) is 23.4 Å². The van der Waals surface area contributed by atoms with Crippen molar-refractivity contribution >= 4 is 22.6 Å². The van der Waals surface area contributed by atoms with E-state index < -0.39 is 0 Å². The lowest BCUT2D eigenvalue weighted by atomic mass is 10.1. The first-order valence-electron chi connectivity index (χ1n) is 9.56. The molecule has 1 aliphatic heterocycles. The Balaban J connectivity index is 1.45. The minimum absolute atomic E-state index is 0.105. The number of hydrogen-bond donors (Lipinski definition) is 2. The number of rotatable bonds is 3. The molecule has 144 valence electrons. The van der Waals surface area contributed by atoms with Crippen molar-refractivity contribution in [1.82, 2.24) is 9.55 Å². The highest BCUT2D eigenvalue weighted by atomic mass is 16.7. The smallest absolute Gasteiger partial charge is 0.326 e. The van der Waals surface area contributed by atoms with E-state index in [4.69, 9.17) is 9.47 Å². The molecular weight excluding hydrogens is 358 g/mol. The highest BCUT2D eigenvalue weighted by Crippen LogP contribution is 2.37. The molecule has 1 fully saturated rings. The van der Waals surface area contributed by atoms with Gasteiger partial charge >= 0.3 is 5.69 Å². The van der Waals surface area contributed by atoms with E-state index in [1.54, 1.807) is 18.2 Å². The summed E-state index contributed by atoms with van der Waals surface area (Å²) in [5.74, 6) is 1.07. The maximum Gasteiger partial charge on any atom is 0.326 e. The Labute approximate surface area is 161 Å². The largest absolute Gasteiger partial charge is 0.454 e. The van der Waals surface area contributed by atoms with Crippen molar-refractivity contribution in [2.75, 3.05) is 12.1 Å². The van der Waals surface area contributed by atoms with E-state index in [2.05, 4.69) is 10.3 Å². The van der Waals surface area contributed by atoms with Crippen LogP contribution in [0.25, 0.3) is 11.0 Å². The Morgan fingerprint density at radius 1 is 1.14 bits per heavy atom. The molecule has 1 aliphatic carbocycles. The molecule has 0 bridgehead atoms. The van der Waals surface area contributed by atoms with E-state index in [1.807, 2.05) is 23.6 Å². The molecule has 1 amide bonds. The fraction of sp³-hybridized carbons (Fsp3) is 0.333. The van der Waals surface area contributed by atoms with Crippen molar-refractivity contribution in [2.45, 2.75) is 38.6 Å². The van der Waals surface area contributed by atoms with Crippen LogP contribution in [0, 0.1) is 6.92 Å². The van der Waals surface area contributed by atoms with Crippen molar-refractivity contribution < 1.29 is 14.3 Å². The number of nitrogens with one attached hydrogen (secondary N) is 2. The number of aromatic nitrogens is 2. The van der Waals surface area contributed by atoms with Crippen molar-refractivity contribution in [3.8, 4) is 11.5 Å². The quantitative estimate of drug-likeness (QED) is 0.726. The van der Waals surface area contributed by atoms with E-state index in [-0.39, 0.29) is 24.4 Å².